The van der Waals surface area contributed by atoms with Gasteiger partial charge < -0.3 is 9.88 Å². The lowest BCUT2D eigenvalue weighted by molar-refractivity contribution is 0.102. The molecule has 178 valence electrons. The Morgan fingerprint density at radius 1 is 0.829 bits per heavy atom. The summed E-state index contributed by atoms with van der Waals surface area (Å²) >= 11 is 0. The Hall–Kier alpha value is -3.92. The number of carbonyl (C=O) groups excluding carboxylic acids is 1. The number of aromatic nitrogens is 1. The molecule has 4 aromatic rings. The van der Waals surface area contributed by atoms with Gasteiger partial charge in [0.1, 0.15) is 5.56 Å². The first-order valence-corrected chi connectivity index (χ1v) is 12.2. The second kappa shape index (κ2) is 10.1. The molecular weight excluding hydrogens is 432 g/mol. The van der Waals surface area contributed by atoms with Crippen LogP contribution in [-0.2, 0) is 12.8 Å². The Bertz CT molecular complexity index is 1440. The van der Waals surface area contributed by atoms with Crippen molar-refractivity contribution in [3.63, 3.8) is 0 Å². The summed E-state index contributed by atoms with van der Waals surface area (Å²) in [6.45, 7) is 10.1. The lowest BCUT2D eigenvalue weighted by Gasteiger charge is -2.22. The van der Waals surface area contributed by atoms with Gasteiger partial charge in [-0.3, -0.25) is 9.59 Å². The Morgan fingerprint density at radius 2 is 1.49 bits per heavy atom. The highest BCUT2D eigenvalue weighted by molar-refractivity contribution is 6.09. The molecule has 1 N–H and O–H groups in total. The number of pyridine rings is 1. The lowest BCUT2D eigenvalue weighted by Crippen LogP contribution is -2.27. The third-order valence-corrected chi connectivity index (χ3v) is 6.52. The van der Waals surface area contributed by atoms with Gasteiger partial charge in [0.15, 0.2) is 5.43 Å². The van der Waals surface area contributed by atoms with E-state index in [0.717, 1.165) is 57.7 Å². The average Bonchev–Trinajstić information content (AvgIpc) is 2.84. The summed E-state index contributed by atoms with van der Waals surface area (Å²) in [5, 5.41) is 3.12. The molecule has 0 radical (unpaired) electrons. The number of nitrogens with zero attached hydrogens (tertiary/aromatic N) is 1. The number of aryl methyl sites for hydroxylation is 5. The second-order valence-corrected chi connectivity index (χ2v) is 8.98. The topological polar surface area (TPSA) is 51.1 Å². The van der Waals surface area contributed by atoms with Gasteiger partial charge in [-0.25, -0.2) is 0 Å². The maximum absolute atomic E-state index is 13.9. The minimum absolute atomic E-state index is 0.152. The summed E-state index contributed by atoms with van der Waals surface area (Å²) in [6, 6.07) is 23.6. The van der Waals surface area contributed by atoms with Crippen LogP contribution in [0.4, 0.5) is 5.69 Å². The minimum Gasteiger partial charge on any atom is -0.321 e. The van der Waals surface area contributed by atoms with Crippen LogP contribution in [0.2, 0.25) is 0 Å². The lowest BCUT2D eigenvalue weighted by atomic mass is 9.97. The number of hydrogen-bond acceptors (Lipinski definition) is 2. The molecule has 3 aromatic carbocycles. The van der Waals surface area contributed by atoms with E-state index in [2.05, 4.69) is 25.2 Å². The maximum Gasteiger partial charge on any atom is 0.261 e. The van der Waals surface area contributed by atoms with Crippen LogP contribution in [-0.4, -0.2) is 10.5 Å². The van der Waals surface area contributed by atoms with Gasteiger partial charge in [-0.1, -0.05) is 68.4 Å². The number of hydrogen-bond donors (Lipinski definition) is 1. The van der Waals surface area contributed by atoms with Crippen molar-refractivity contribution < 1.29 is 4.79 Å². The maximum atomic E-state index is 13.9. The summed E-state index contributed by atoms with van der Waals surface area (Å²) in [5.41, 5.74) is 8.05. The van der Waals surface area contributed by atoms with Crippen molar-refractivity contribution in [2.45, 2.75) is 47.5 Å². The Kier molecular flexibility index (Phi) is 7.02. The van der Waals surface area contributed by atoms with E-state index in [0.29, 0.717) is 5.69 Å². The zero-order valence-electron chi connectivity index (χ0n) is 21.1. The number of para-hydroxylation sites is 1. The number of nitrogens with one attached hydrogen (secondary N) is 1. The van der Waals surface area contributed by atoms with Gasteiger partial charge in [0.25, 0.3) is 5.91 Å². The number of rotatable bonds is 6. The first kappa shape index (κ1) is 24.2. The van der Waals surface area contributed by atoms with Crippen LogP contribution < -0.4 is 10.7 Å². The zero-order chi connectivity index (χ0) is 25.1. The monoisotopic (exact) mass is 464 g/mol. The first-order chi connectivity index (χ1) is 16.8. The van der Waals surface area contributed by atoms with E-state index >= 15 is 0 Å². The van der Waals surface area contributed by atoms with Crippen LogP contribution in [0.3, 0.4) is 0 Å². The quantitative estimate of drug-likeness (QED) is 0.341. The number of benzene rings is 3. The summed E-state index contributed by atoms with van der Waals surface area (Å²) < 4.78 is 2.03. The average molecular weight is 465 g/mol. The molecule has 0 fully saturated rings. The van der Waals surface area contributed by atoms with Gasteiger partial charge in [0.05, 0.1) is 5.69 Å². The van der Waals surface area contributed by atoms with Crippen LogP contribution in [0.5, 0.6) is 0 Å². The predicted octanol–water partition coefficient (Wildman–Crippen LogP) is 6.81. The van der Waals surface area contributed by atoms with Gasteiger partial charge in [-0.2, -0.15) is 0 Å². The fourth-order valence-corrected chi connectivity index (χ4v) is 4.72. The van der Waals surface area contributed by atoms with Gasteiger partial charge in [0.2, 0.25) is 0 Å². The summed E-state index contributed by atoms with van der Waals surface area (Å²) in [7, 11) is 0. The molecule has 0 aliphatic carbocycles. The fraction of sp³-hybridized carbons (Fsp3) is 0.226. The van der Waals surface area contributed by atoms with Crippen molar-refractivity contribution in [3.05, 3.63) is 117 Å². The number of amides is 1. The number of carbonyl (C=O) groups is 1. The van der Waals surface area contributed by atoms with Crippen LogP contribution in [0.25, 0.3) is 16.9 Å². The molecule has 0 aliphatic rings. The minimum atomic E-state index is -0.384. The zero-order valence-corrected chi connectivity index (χ0v) is 21.1. The largest absolute Gasteiger partial charge is 0.321 e. The van der Waals surface area contributed by atoms with Gasteiger partial charge in [0, 0.05) is 28.7 Å². The normalized spacial score (nSPS) is 10.9. The second-order valence-electron chi connectivity index (χ2n) is 8.98. The molecule has 1 heterocycles. The molecule has 0 saturated heterocycles. The third kappa shape index (κ3) is 4.69. The van der Waals surface area contributed by atoms with Crippen molar-refractivity contribution in [2.75, 3.05) is 5.32 Å². The standard InChI is InChI=1S/C31H32N2O2/c1-6-23-14-11-15-24(7-2)29(23)32-31(35)28-27(34)19-22(5)33(25-16-10-12-20(3)18-25)30(28)26-17-9-8-13-21(26)4/h8-19H,6-7H2,1-5H3,(H,32,35). The van der Waals surface area contributed by atoms with E-state index in [4.69, 9.17) is 0 Å². The van der Waals surface area contributed by atoms with Crippen molar-refractivity contribution in [3.8, 4) is 16.9 Å². The molecule has 0 spiro atoms. The summed E-state index contributed by atoms with van der Waals surface area (Å²) in [5.74, 6) is -0.384. The Labute approximate surface area is 207 Å². The van der Waals surface area contributed by atoms with Gasteiger partial charge in [-0.15, -0.1) is 0 Å². The molecule has 4 heteroatoms. The molecule has 4 nitrogen and oxygen atoms in total. The van der Waals surface area contributed by atoms with E-state index < -0.39 is 0 Å². The Morgan fingerprint density at radius 3 is 2.11 bits per heavy atom. The van der Waals surface area contributed by atoms with E-state index in [-0.39, 0.29) is 16.9 Å². The van der Waals surface area contributed by atoms with Crippen LogP contribution in [0.1, 0.15) is 52.2 Å². The fourth-order valence-electron chi connectivity index (χ4n) is 4.72. The van der Waals surface area contributed by atoms with Crippen LogP contribution in [0, 0.1) is 20.8 Å². The van der Waals surface area contributed by atoms with Crippen molar-refractivity contribution >= 4 is 11.6 Å². The smallest absolute Gasteiger partial charge is 0.261 e. The predicted molar refractivity (Wildman–Crippen MR) is 145 cm³/mol. The van der Waals surface area contributed by atoms with E-state index in [1.807, 2.05) is 86.0 Å². The number of anilines is 1. The molecular formula is C31H32N2O2. The Balaban J connectivity index is 2.02. The molecule has 0 unspecified atom stereocenters. The van der Waals surface area contributed by atoms with Crippen LogP contribution in [0.15, 0.2) is 77.6 Å². The van der Waals surface area contributed by atoms with Crippen molar-refractivity contribution in [1.29, 1.82) is 0 Å². The summed E-state index contributed by atoms with van der Waals surface area (Å²) in [4.78, 5) is 27.4. The van der Waals surface area contributed by atoms with Gasteiger partial charge >= 0.3 is 0 Å². The SMILES string of the molecule is CCc1cccc(CC)c1NC(=O)c1c(-c2ccccc2C)n(-c2cccc(C)c2)c(C)cc1=O. The van der Waals surface area contributed by atoms with Crippen molar-refractivity contribution in [2.24, 2.45) is 0 Å². The molecule has 1 aromatic heterocycles. The highest BCUT2D eigenvalue weighted by atomic mass is 16.2. The van der Waals surface area contributed by atoms with E-state index in [1.165, 1.54) is 0 Å². The molecule has 0 bridgehead atoms. The molecule has 0 saturated carbocycles. The van der Waals surface area contributed by atoms with Crippen LogP contribution >= 0.6 is 0 Å². The van der Waals surface area contributed by atoms with Gasteiger partial charge in [-0.05, 0) is 68.0 Å². The highest BCUT2D eigenvalue weighted by Gasteiger charge is 2.24. The molecule has 4 rings (SSSR count). The van der Waals surface area contributed by atoms with E-state index in [9.17, 15) is 9.59 Å². The highest BCUT2D eigenvalue weighted by Crippen LogP contribution is 2.31. The first-order valence-electron chi connectivity index (χ1n) is 12.2. The molecule has 35 heavy (non-hydrogen) atoms. The van der Waals surface area contributed by atoms with Crippen molar-refractivity contribution in [1.82, 2.24) is 4.57 Å². The summed E-state index contributed by atoms with van der Waals surface area (Å²) in [6.07, 6.45) is 1.57. The van der Waals surface area contributed by atoms with E-state index in [1.54, 1.807) is 6.07 Å². The molecule has 0 atom stereocenters. The molecule has 1 amide bonds. The third-order valence-electron chi connectivity index (χ3n) is 6.52. The molecule has 0 aliphatic heterocycles.